The minimum absolute atomic E-state index is 0.0569. The van der Waals surface area contributed by atoms with E-state index in [-0.39, 0.29) is 23.9 Å². The number of hydrogen-bond acceptors (Lipinski definition) is 7. The van der Waals surface area contributed by atoms with Crippen LogP contribution in [0.25, 0.3) is 11.4 Å². The molecule has 3 atom stereocenters. The Morgan fingerprint density at radius 1 is 1.48 bits per heavy atom. The summed E-state index contributed by atoms with van der Waals surface area (Å²) >= 11 is 0. The van der Waals surface area contributed by atoms with Gasteiger partial charge in [-0.3, -0.25) is 20.6 Å². The molecule has 8 nitrogen and oxygen atoms in total. The van der Waals surface area contributed by atoms with Crippen molar-refractivity contribution in [2.24, 2.45) is 5.92 Å². The van der Waals surface area contributed by atoms with E-state index in [1.54, 1.807) is 12.4 Å². The summed E-state index contributed by atoms with van der Waals surface area (Å²) in [6.07, 6.45) is 4.24. The molecule has 2 aromatic rings. The Kier molecular flexibility index (Phi) is 3.55. The Balaban J connectivity index is 1.50. The molecule has 0 aromatic carbocycles. The van der Waals surface area contributed by atoms with Gasteiger partial charge in [-0.05, 0) is 25.5 Å². The molecular weight excluding hydrogens is 296 g/mol. The smallest absolute Gasteiger partial charge is 0.249 e. The van der Waals surface area contributed by atoms with Crippen LogP contribution in [0.4, 0.5) is 0 Å². The third-order valence-electron chi connectivity index (χ3n) is 4.52. The Bertz CT molecular complexity index is 703. The zero-order valence-corrected chi connectivity index (χ0v) is 12.8. The molecule has 3 unspecified atom stereocenters. The second-order valence-electron chi connectivity index (χ2n) is 5.95. The molecule has 0 spiro atoms. The SMILES string of the molecule is CC1NNCC1C(=O)N1CCC1c1nc(-c2cccnc2)no1. The van der Waals surface area contributed by atoms with Crippen LogP contribution < -0.4 is 10.9 Å². The van der Waals surface area contributed by atoms with Crippen molar-refractivity contribution in [3.63, 3.8) is 0 Å². The average Bonchev–Trinajstić information content (AvgIpc) is 3.16. The van der Waals surface area contributed by atoms with Gasteiger partial charge in [-0.1, -0.05) is 5.16 Å². The average molecular weight is 314 g/mol. The standard InChI is InChI=1S/C15H18N6O2/c1-9-11(8-17-19-9)15(22)21-6-4-12(21)14-18-13(20-23-14)10-3-2-5-16-7-10/h2-3,5,7,9,11-12,17,19H,4,6,8H2,1H3. The predicted molar refractivity (Wildman–Crippen MR) is 80.7 cm³/mol. The zero-order valence-electron chi connectivity index (χ0n) is 12.8. The Hall–Kier alpha value is -2.32. The minimum Gasteiger partial charge on any atom is -0.337 e. The van der Waals surface area contributed by atoms with Crippen LogP contribution in [0.1, 0.15) is 25.3 Å². The van der Waals surface area contributed by atoms with Crippen molar-refractivity contribution in [3.8, 4) is 11.4 Å². The van der Waals surface area contributed by atoms with Crippen LogP contribution in [0.2, 0.25) is 0 Å². The van der Waals surface area contributed by atoms with Crippen LogP contribution in [-0.4, -0.2) is 45.1 Å². The van der Waals surface area contributed by atoms with Crippen molar-refractivity contribution < 1.29 is 9.32 Å². The summed E-state index contributed by atoms with van der Waals surface area (Å²) in [5.74, 6) is 1.07. The van der Waals surface area contributed by atoms with Crippen molar-refractivity contribution >= 4 is 5.91 Å². The van der Waals surface area contributed by atoms with E-state index in [1.165, 1.54) is 0 Å². The molecule has 4 rings (SSSR count). The summed E-state index contributed by atoms with van der Waals surface area (Å²) in [6, 6.07) is 3.71. The molecule has 23 heavy (non-hydrogen) atoms. The van der Waals surface area contributed by atoms with E-state index < -0.39 is 0 Å². The molecule has 0 bridgehead atoms. The monoisotopic (exact) mass is 314 g/mol. The summed E-state index contributed by atoms with van der Waals surface area (Å²) in [5.41, 5.74) is 6.91. The van der Waals surface area contributed by atoms with E-state index in [2.05, 4.69) is 26.0 Å². The van der Waals surface area contributed by atoms with Gasteiger partial charge in [0.2, 0.25) is 17.6 Å². The third kappa shape index (κ3) is 2.49. The third-order valence-corrected chi connectivity index (χ3v) is 4.52. The second-order valence-corrected chi connectivity index (χ2v) is 5.95. The van der Waals surface area contributed by atoms with E-state index in [0.717, 1.165) is 18.5 Å². The van der Waals surface area contributed by atoms with Gasteiger partial charge in [0.05, 0.1) is 5.92 Å². The number of hydrazine groups is 1. The summed E-state index contributed by atoms with van der Waals surface area (Å²) in [6.45, 7) is 3.38. The number of carbonyl (C=O) groups excluding carboxylic acids is 1. The fraction of sp³-hybridized carbons (Fsp3) is 0.467. The van der Waals surface area contributed by atoms with E-state index in [1.807, 2.05) is 24.0 Å². The maximum absolute atomic E-state index is 12.6. The number of likely N-dealkylation sites (tertiary alicyclic amines) is 1. The maximum atomic E-state index is 12.6. The highest BCUT2D eigenvalue weighted by atomic mass is 16.5. The molecule has 8 heteroatoms. The fourth-order valence-electron chi connectivity index (χ4n) is 3.01. The van der Waals surface area contributed by atoms with E-state index >= 15 is 0 Å². The fourth-order valence-corrected chi connectivity index (χ4v) is 3.01. The molecule has 1 amide bonds. The lowest BCUT2D eigenvalue weighted by Gasteiger charge is -2.40. The number of rotatable bonds is 3. The van der Waals surface area contributed by atoms with Crippen LogP contribution in [0.3, 0.4) is 0 Å². The predicted octanol–water partition coefficient (Wildman–Crippen LogP) is 0.517. The molecule has 4 heterocycles. The molecule has 0 radical (unpaired) electrons. The van der Waals surface area contributed by atoms with Crippen molar-refractivity contribution in [1.29, 1.82) is 0 Å². The molecular formula is C15H18N6O2. The molecule has 2 aliphatic heterocycles. The molecule has 0 saturated carbocycles. The molecule has 2 saturated heterocycles. The number of carbonyl (C=O) groups is 1. The van der Waals surface area contributed by atoms with Crippen molar-refractivity contribution in [1.82, 2.24) is 30.9 Å². The normalized spacial score (nSPS) is 27.0. The second kappa shape index (κ2) is 5.71. The van der Waals surface area contributed by atoms with E-state index in [0.29, 0.717) is 18.3 Å². The van der Waals surface area contributed by atoms with Crippen molar-refractivity contribution in [2.75, 3.05) is 13.1 Å². The van der Waals surface area contributed by atoms with Gasteiger partial charge in [0.15, 0.2) is 0 Å². The first-order valence-corrected chi connectivity index (χ1v) is 7.77. The minimum atomic E-state index is -0.117. The topological polar surface area (TPSA) is 96.2 Å². The van der Waals surface area contributed by atoms with Crippen molar-refractivity contribution in [3.05, 3.63) is 30.4 Å². The first-order chi connectivity index (χ1) is 11.2. The summed E-state index contributed by atoms with van der Waals surface area (Å²) < 4.78 is 5.38. The number of amides is 1. The molecule has 2 aliphatic rings. The number of nitrogens with zero attached hydrogens (tertiary/aromatic N) is 4. The summed E-state index contributed by atoms with van der Waals surface area (Å²) in [5, 5.41) is 4.01. The summed E-state index contributed by atoms with van der Waals surface area (Å²) in [7, 11) is 0. The highest BCUT2D eigenvalue weighted by Gasteiger charge is 2.42. The summed E-state index contributed by atoms with van der Waals surface area (Å²) in [4.78, 5) is 23.0. The van der Waals surface area contributed by atoms with Gasteiger partial charge in [-0.15, -0.1) is 0 Å². The highest BCUT2D eigenvalue weighted by Crippen LogP contribution is 2.34. The highest BCUT2D eigenvalue weighted by molar-refractivity contribution is 5.81. The lowest BCUT2D eigenvalue weighted by atomic mass is 9.95. The van der Waals surface area contributed by atoms with Crippen LogP contribution in [0, 0.1) is 5.92 Å². The van der Waals surface area contributed by atoms with Gasteiger partial charge >= 0.3 is 0 Å². The number of nitrogens with one attached hydrogen (secondary N) is 2. The lowest BCUT2D eigenvalue weighted by Crippen LogP contribution is -2.50. The lowest BCUT2D eigenvalue weighted by molar-refractivity contribution is -0.144. The zero-order chi connectivity index (χ0) is 15.8. The quantitative estimate of drug-likeness (QED) is 0.852. The van der Waals surface area contributed by atoms with Crippen LogP contribution in [0.15, 0.2) is 29.0 Å². The largest absolute Gasteiger partial charge is 0.337 e. The van der Waals surface area contributed by atoms with Crippen LogP contribution >= 0.6 is 0 Å². The van der Waals surface area contributed by atoms with Crippen LogP contribution in [0.5, 0.6) is 0 Å². The number of hydrogen-bond donors (Lipinski definition) is 2. The van der Waals surface area contributed by atoms with Crippen molar-refractivity contribution in [2.45, 2.75) is 25.4 Å². The first kappa shape index (κ1) is 14.3. The number of pyridine rings is 1. The molecule has 2 fully saturated rings. The Morgan fingerprint density at radius 3 is 3.04 bits per heavy atom. The van der Waals surface area contributed by atoms with Gasteiger partial charge in [-0.2, -0.15) is 4.98 Å². The van der Waals surface area contributed by atoms with E-state index in [4.69, 9.17) is 4.52 Å². The molecule has 120 valence electrons. The van der Waals surface area contributed by atoms with Crippen LogP contribution in [-0.2, 0) is 4.79 Å². The van der Waals surface area contributed by atoms with Gasteiger partial charge in [-0.25, -0.2) is 0 Å². The number of aromatic nitrogens is 3. The Morgan fingerprint density at radius 2 is 2.39 bits per heavy atom. The maximum Gasteiger partial charge on any atom is 0.249 e. The van der Waals surface area contributed by atoms with E-state index in [9.17, 15) is 4.79 Å². The molecule has 2 aromatic heterocycles. The van der Waals surface area contributed by atoms with Gasteiger partial charge in [0, 0.05) is 37.1 Å². The Labute approximate surface area is 133 Å². The molecule has 2 N–H and O–H groups in total. The van der Waals surface area contributed by atoms with Gasteiger partial charge < -0.3 is 9.42 Å². The first-order valence-electron chi connectivity index (χ1n) is 7.77. The van der Waals surface area contributed by atoms with Gasteiger partial charge in [0.1, 0.15) is 6.04 Å². The van der Waals surface area contributed by atoms with Gasteiger partial charge in [0.25, 0.3) is 0 Å². The molecule has 0 aliphatic carbocycles.